The van der Waals surface area contributed by atoms with Crippen LogP contribution in [0.1, 0.15) is 15.9 Å². The second-order valence-corrected chi connectivity index (χ2v) is 3.20. The average molecular weight is 211 g/mol. The summed E-state index contributed by atoms with van der Waals surface area (Å²) in [5.41, 5.74) is 1.41. The topological polar surface area (TPSA) is 26.3 Å². The number of carbonyl (C=O) groups excluding carboxylic acids is 1. The van der Waals surface area contributed by atoms with Crippen molar-refractivity contribution >= 4 is 17.9 Å². The Morgan fingerprint density at radius 1 is 1.50 bits per heavy atom. The fourth-order valence-corrected chi connectivity index (χ4v) is 1.26. The minimum Gasteiger partial charge on any atom is -0.373 e. The van der Waals surface area contributed by atoms with Crippen molar-refractivity contribution < 1.29 is 9.53 Å². The van der Waals surface area contributed by atoms with Crippen LogP contribution >= 0.6 is 11.6 Å². The maximum Gasteiger partial charge on any atom is 0.150 e. The molecule has 1 rings (SSSR count). The van der Waals surface area contributed by atoms with E-state index in [4.69, 9.17) is 16.3 Å². The SMILES string of the molecule is C=CCOCc1cc(Cl)ccc1C=O. The molecule has 0 amide bonds. The highest BCUT2D eigenvalue weighted by atomic mass is 35.5. The van der Waals surface area contributed by atoms with Crippen LogP contribution in [-0.2, 0) is 11.3 Å². The van der Waals surface area contributed by atoms with Gasteiger partial charge in [0.25, 0.3) is 0 Å². The first-order valence-corrected chi connectivity index (χ1v) is 4.58. The molecule has 1 aromatic carbocycles. The third-order valence-electron chi connectivity index (χ3n) is 1.73. The Labute approximate surface area is 88.1 Å². The molecule has 0 fully saturated rings. The van der Waals surface area contributed by atoms with Crippen molar-refractivity contribution in [3.63, 3.8) is 0 Å². The smallest absolute Gasteiger partial charge is 0.150 e. The number of ether oxygens (including phenoxy) is 1. The van der Waals surface area contributed by atoms with Crippen molar-refractivity contribution in [3.05, 3.63) is 47.0 Å². The van der Waals surface area contributed by atoms with Gasteiger partial charge in [0.15, 0.2) is 0 Å². The fourth-order valence-electron chi connectivity index (χ4n) is 1.07. The first-order valence-electron chi connectivity index (χ1n) is 4.20. The van der Waals surface area contributed by atoms with Crippen LogP contribution in [0.15, 0.2) is 30.9 Å². The van der Waals surface area contributed by atoms with E-state index in [0.717, 1.165) is 11.8 Å². The normalized spacial score (nSPS) is 9.79. The molecule has 2 nitrogen and oxygen atoms in total. The zero-order valence-electron chi connectivity index (χ0n) is 7.70. The summed E-state index contributed by atoms with van der Waals surface area (Å²) >= 11 is 5.79. The van der Waals surface area contributed by atoms with Gasteiger partial charge >= 0.3 is 0 Å². The van der Waals surface area contributed by atoms with Gasteiger partial charge in [-0.25, -0.2) is 0 Å². The first-order chi connectivity index (χ1) is 6.77. The molecule has 0 radical (unpaired) electrons. The number of hydrogen-bond acceptors (Lipinski definition) is 2. The molecule has 1 aromatic rings. The summed E-state index contributed by atoms with van der Waals surface area (Å²) < 4.78 is 5.23. The molecule has 0 saturated heterocycles. The van der Waals surface area contributed by atoms with Crippen LogP contribution in [-0.4, -0.2) is 12.9 Å². The zero-order valence-corrected chi connectivity index (χ0v) is 8.46. The quantitative estimate of drug-likeness (QED) is 0.424. The fraction of sp³-hybridized carbons (Fsp3) is 0.182. The van der Waals surface area contributed by atoms with Crippen molar-refractivity contribution in [3.8, 4) is 0 Å². The van der Waals surface area contributed by atoms with Crippen molar-refractivity contribution in [1.82, 2.24) is 0 Å². The van der Waals surface area contributed by atoms with Crippen LogP contribution < -0.4 is 0 Å². The van der Waals surface area contributed by atoms with E-state index in [1.807, 2.05) is 0 Å². The standard InChI is InChI=1S/C11H11ClO2/c1-2-5-14-8-10-6-11(12)4-3-9(10)7-13/h2-4,6-7H,1,5,8H2. The van der Waals surface area contributed by atoms with Gasteiger partial charge < -0.3 is 4.74 Å². The highest BCUT2D eigenvalue weighted by Crippen LogP contribution is 2.15. The number of halogens is 1. The van der Waals surface area contributed by atoms with E-state index < -0.39 is 0 Å². The lowest BCUT2D eigenvalue weighted by atomic mass is 10.1. The Bertz CT molecular complexity index is 334. The summed E-state index contributed by atoms with van der Waals surface area (Å²) in [5.74, 6) is 0. The molecular formula is C11H11ClO2. The number of rotatable bonds is 5. The van der Waals surface area contributed by atoms with Gasteiger partial charge in [-0.15, -0.1) is 6.58 Å². The largest absolute Gasteiger partial charge is 0.373 e. The predicted molar refractivity (Wildman–Crippen MR) is 56.7 cm³/mol. The van der Waals surface area contributed by atoms with Crippen LogP contribution in [0.5, 0.6) is 0 Å². The third-order valence-corrected chi connectivity index (χ3v) is 1.96. The molecule has 14 heavy (non-hydrogen) atoms. The molecule has 0 atom stereocenters. The summed E-state index contributed by atoms with van der Waals surface area (Å²) in [5, 5.41) is 0.604. The Morgan fingerprint density at radius 3 is 2.93 bits per heavy atom. The molecule has 0 N–H and O–H groups in total. The zero-order chi connectivity index (χ0) is 10.4. The Balaban J connectivity index is 2.76. The average Bonchev–Trinajstić information content (AvgIpc) is 2.19. The van der Waals surface area contributed by atoms with Crippen LogP contribution in [0.25, 0.3) is 0 Å². The minimum absolute atomic E-state index is 0.376. The number of benzene rings is 1. The lowest BCUT2D eigenvalue weighted by Gasteiger charge is -2.05. The Hall–Kier alpha value is -1.12. The number of carbonyl (C=O) groups is 1. The van der Waals surface area contributed by atoms with E-state index in [1.165, 1.54) is 0 Å². The van der Waals surface area contributed by atoms with E-state index in [1.54, 1.807) is 24.3 Å². The Morgan fingerprint density at radius 2 is 2.29 bits per heavy atom. The van der Waals surface area contributed by atoms with E-state index >= 15 is 0 Å². The minimum atomic E-state index is 0.376. The second kappa shape index (κ2) is 5.58. The Kier molecular flexibility index (Phi) is 4.36. The molecule has 0 unspecified atom stereocenters. The first kappa shape index (κ1) is 11.0. The number of hydrogen-bond donors (Lipinski definition) is 0. The molecule has 0 saturated carbocycles. The molecule has 74 valence electrons. The van der Waals surface area contributed by atoms with Gasteiger partial charge in [0.2, 0.25) is 0 Å². The van der Waals surface area contributed by atoms with Crippen molar-refractivity contribution in [2.24, 2.45) is 0 Å². The van der Waals surface area contributed by atoms with Gasteiger partial charge in [0, 0.05) is 10.6 Å². The molecule has 0 spiro atoms. The van der Waals surface area contributed by atoms with Gasteiger partial charge in [0.05, 0.1) is 13.2 Å². The van der Waals surface area contributed by atoms with Crippen molar-refractivity contribution in [2.75, 3.05) is 6.61 Å². The predicted octanol–water partition coefficient (Wildman–Crippen LogP) is 2.86. The van der Waals surface area contributed by atoms with Crippen LogP contribution in [0.3, 0.4) is 0 Å². The van der Waals surface area contributed by atoms with E-state index in [9.17, 15) is 4.79 Å². The monoisotopic (exact) mass is 210 g/mol. The molecule has 0 aliphatic heterocycles. The lowest BCUT2D eigenvalue weighted by Crippen LogP contribution is -1.97. The maximum atomic E-state index is 10.7. The third kappa shape index (κ3) is 2.98. The molecule has 3 heteroatoms. The summed E-state index contributed by atoms with van der Waals surface area (Å²) in [6, 6.07) is 5.10. The van der Waals surface area contributed by atoms with Gasteiger partial charge in [-0.05, 0) is 23.8 Å². The summed E-state index contributed by atoms with van der Waals surface area (Å²) in [7, 11) is 0. The highest BCUT2D eigenvalue weighted by molar-refractivity contribution is 6.30. The van der Waals surface area contributed by atoms with Crippen molar-refractivity contribution in [1.29, 1.82) is 0 Å². The molecule has 0 aliphatic carbocycles. The second-order valence-electron chi connectivity index (χ2n) is 2.76. The van der Waals surface area contributed by atoms with Crippen LogP contribution in [0.2, 0.25) is 5.02 Å². The van der Waals surface area contributed by atoms with Gasteiger partial charge in [-0.2, -0.15) is 0 Å². The molecule has 0 bridgehead atoms. The molecule has 0 aliphatic rings. The van der Waals surface area contributed by atoms with Gasteiger partial charge in [-0.3, -0.25) is 4.79 Å². The van der Waals surface area contributed by atoms with Crippen LogP contribution in [0, 0.1) is 0 Å². The van der Waals surface area contributed by atoms with Crippen molar-refractivity contribution in [2.45, 2.75) is 6.61 Å². The van der Waals surface area contributed by atoms with Crippen LogP contribution in [0.4, 0.5) is 0 Å². The van der Waals surface area contributed by atoms with Gasteiger partial charge in [-0.1, -0.05) is 17.7 Å². The molecular weight excluding hydrogens is 200 g/mol. The molecule has 0 aromatic heterocycles. The summed E-state index contributed by atoms with van der Waals surface area (Å²) in [6.45, 7) is 4.37. The molecule has 0 heterocycles. The summed E-state index contributed by atoms with van der Waals surface area (Å²) in [4.78, 5) is 10.7. The van der Waals surface area contributed by atoms with E-state index in [2.05, 4.69) is 6.58 Å². The summed E-state index contributed by atoms with van der Waals surface area (Å²) in [6.07, 6.45) is 2.45. The van der Waals surface area contributed by atoms with Gasteiger partial charge in [0.1, 0.15) is 6.29 Å². The highest BCUT2D eigenvalue weighted by Gasteiger charge is 2.02. The number of aldehydes is 1. The lowest BCUT2D eigenvalue weighted by molar-refractivity contribution is 0.111. The van der Waals surface area contributed by atoms with E-state index in [0.29, 0.717) is 23.8 Å². The van der Waals surface area contributed by atoms with E-state index in [-0.39, 0.29) is 0 Å². The maximum absolute atomic E-state index is 10.7.